The second-order valence-electron chi connectivity index (χ2n) is 9.07. The van der Waals surface area contributed by atoms with Crippen LogP contribution in [0.5, 0.6) is 5.06 Å². The summed E-state index contributed by atoms with van der Waals surface area (Å²) in [5.41, 5.74) is -0.173. The van der Waals surface area contributed by atoms with Crippen LogP contribution < -0.4 is 15.4 Å². The molecule has 9 heteroatoms. The van der Waals surface area contributed by atoms with Gasteiger partial charge in [-0.25, -0.2) is 4.79 Å². The molecule has 0 fully saturated rings. The summed E-state index contributed by atoms with van der Waals surface area (Å²) < 4.78 is 16.9. The lowest BCUT2D eigenvalue weighted by molar-refractivity contribution is -0.121. The van der Waals surface area contributed by atoms with Crippen LogP contribution in [0.1, 0.15) is 70.5 Å². The van der Waals surface area contributed by atoms with Crippen molar-refractivity contribution in [3.8, 4) is 5.06 Å². The van der Waals surface area contributed by atoms with Crippen LogP contribution >= 0.6 is 11.3 Å². The minimum absolute atomic E-state index is 0.0547. The van der Waals surface area contributed by atoms with Gasteiger partial charge in [0.2, 0.25) is 5.91 Å². The average molecular weight is 481 g/mol. The number of alkyl carbamates (subject to hydrolysis) is 1. The molecule has 2 amide bonds. The average Bonchev–Trinajstić information content (AvgIpc) is 3.20. The number of ketones is 1. The first-order valence-corrected chi connectivity index (χ1v) is 12.1. The molecule has 1 aliphatic carbocycles. The van der Waals surface area contributed by atoms with E-state index < -0.39 is 29.9 Å². The highest BCUT2D eigenvalue weighted by Gasteiger charge is 2.39. The molecule has 0 spiro atoms. The van der Waals surface area contributed by atoms with Crippen LogP contribution in [-0.4, -0.2) is 54.8 Å². The van der Waals surface area contributed by atoms with E-state index in [1.165, 1.54) is 18.3 Å². The monoisotopic (exact) mass is 480 g/mol. The van der Waals surface area contributed by atoms with Gasteiger partial charge in [0, 0.05) is 12.5 Å². The van der Waals surface area contributed by atoms with Gasteiger partial charge in [0.05, 0.1) is 36.3 Å². The summed E-state index contributed by atoms with van der Waals surface area (Å²) in [6.07, 6.45) is 2.31. The molecule has 0 saturated heterocycles. The van der Waals surface area contributed by atoms with Crippen molar-refractivity contribution in [1.29, 1.82) is 0 Å². The molecule has 0 radical (unpaired) electrons. The Kier molecular flexibility index (Phi) is 9.48. The van der Waals surface area contributed by atoms with E-state index in [1.54, 1.807) is 46.1 Å². The maximum absolute atomic E-state index is 13.3. The lowest BCUT2D eigenvalue weighted by Crippen LogP contribution is -2.60. The smallest absolute Gasteiger partial charge is 0.407 e. The maximum atomic E-state index is 13.3. The SMILES string of the molecule is CCC(CC)O[C@@H]1C=C(C(=O)c2ccc(OC)s2)C[C@H](NC(=O)OC(C)(C)C)[C@H]1NC(C)=O. The van der Waals surface area contributed by atoms with Crippen molar-refractivity contribution >= 4 is 29.1 Å². The molecule has 0 unspecified atom stereocenters. The first-order chi connectivity index (χ1) is 15.5. The Morgan fingerprint density at radius 1 is 1.15 bits per heavy atom. The number of carbonyl (C=O) groups excluding carboxylic acids is 3. The molecule has 0 aliphatic heterocycles. The van der Waals surface area contributed by atoms with E-state index in [0.29, 0.717) is 15.5 Å². The number of amides is 2. The molecule has 2 rings (SSSR count). The third-order valence-corrected chi connectivity index (χ3v) is 6.27. The Morgan fingerprint density at radius 2 is 1.82 bits per heavy atom. The summed E-state index contributed by atoms with van der Waals surface area (Å²) in [7, 11) is 1.55. The predicted octanol–water partition coefficient (Wildman–Crippen LogP) is 4.24. The van der Waals surface area contributed by atoms with Gasteiger partial charge in [-0.15, -0.1) is 0 Å². The number of methoxy groups -OCH3 is 1. The summed E-state index contributed by atoms with van der Waals surface area (Å²) in [5.74, 6) is -0.404. The summed E-state index contributed by atoms with van der Waals surface area (Å²) >= 11 is 1.26. The second kappa shape index (κ2) is 11.7. The topological polar surface area (TPSA) is 103 Å². The van der Waals surface area contributed by atoms with Crippen LogP contribution in [0.15, 0.2) is 23.8 Å². The summed E-state index contributed by atoms with van der Waals surface area (Å²) in [5, 5.41) is 6.40. The van der Waals surface area contributed by atoms with Gasteiger partial charge in [-0.1, -0.05) is 25.2 Å². The highest BCUT2D eigenvalue weighted by atomic mass is 32.1. The Bertz CT molecular complexity index is 869. The van der Waals surface area contributed by atoms with E-state index in [-0.39, 0.29) is 24.2 Å². The fourth-order valence-corrected chi connectivity index (χ4v) is 4.48. The Morgan fingerprint density at radius 3 is 2.33 bits per heavy atom. The maximum Gasteiger partial charge on any atom is 0.407 e. The van der Waals surface area contributed by atoms with Gasteiger partial charge in [-0.2, -0.15) is 0 Å². The van der Waals surface area contributed by atoms with Crippen LogP contribution in [0.25, 0.3) is 0 Å². The lowest BCUT2D eigenvalue weighted by Gasteiger charge is -2.39. The van der Waals surface area contributed by atoms with Gasteiger partial charge in [-0.05, 0) is 58.2 Å². The molecule has 3 atom stereocenters. The fourth-order valence-electron chi connectivity index (χ4n) is 3.69. The van der Waals surface area contributed by atoms with Crippen LogP contribution in [0.2, 0.25) is 0 Å². The molecule has 0 saturated carbocycles. The van der Waals surface area contributed by atoms with Crippen LogP contribution in [0.3, 0.4) is 0 Å². The van der Waals surface area contributed by atoms with E-state index in [0.717, 1.165) is 12.8 Å². The molecule has 1 aliphatic rings. The number of nitrogens with one attached hydrogen (secondary N) is 2. The van der Waals surface area contributed by atoms with Gasteiger partial charge >= 0.3 is 6.09 Å². The zero-order valence-electron chi connectivity index (χ0n) is 20.5. The minimum atomic E-state index is -0.685. The van der Waals surface area contributed by atoms with Crippen molar-refractivity contribution in [2.45, 2.75) is 90.7 Å². The zero-order chi connectivity index (χ0) is 24.8. The Balaban J connectivity index is 2.41. The first-order valence-electron chi connectivity index (χ1n) is 11.3. The molecule has 184 valence electrons. The summed E-state index contributed by atoms with van der Waals surface area (Å²) in [6.45, 7) is 10.8. The Labute approximate surface area is 200 Å². The van der Waals surface area contributed by atoms with Gasteiger partial charge < -0.3 is 24.8 Å². The summed E-state index contributed by atoms with van der Waals surface area (Å²) in [4.78, 5) is 38.4. The lowest BCUT2D eigenvalue weighted by atomic mass is 9.85. The highest BCUT2D eigenvalue weighted by Crippen LogP contribution is 2.31. The molecule has 1 aromatic rings. The van der Waals surface area contributed by atoms with Crippen molar-refractivity contribution in [3.05, 3.63) is 28.7 Å². The number of ether oxygens (including phenoxy) is 3. The molecule has 0 aromatic carbocycles. The standard InChI is InChI=1S/C24H36N2O6S/c1-8-16(9-2)31-18-13-15(22(28)19-10-11-20(30-7)33-19)12-17(21(18)25-14(3)27)26-23(29)32-24(4,5)6/h10-11,13,16-18,21H,8-9,12H2,1-7H3,(H,25,27)(H,26,29)/t17-,18+,21+/m0/s1. The van der Waals surface area contributed by atoms with E-state index in [2.05, 4.69) is 10.6 Å². The van der Waals surface area contributed by atoms with Crippen molar-refractivity contribution in [1.82, 2.24) is 10.6 Å². The molecule has 8 nitrogen and oxygen atoms in total. The molecule has 2 N–H and O–H groups in total. The highest BCUT2D eigenvalue weighted by molar-refractivity contribution is 7.16. The number of rotatable bonds is 9. The normalized spacial score (nSPS) is 20.7. The molecule has 33 heavy (non-hydrogen) atoms. The fraction of sp³-hybridized carbons (Fsp3) is 0.625. The van der Waals surface area contributed by atoms with Gasteiger partial charge in [0.15, 0.2) is 10.8 Å². The van der Waals surface area contributed by atoms with Crippen LogP contribution in [0, 0.1) is 0 Å². The van der Waals surface area contributed by atoms with Gasteiger partial charge in [0.25, 0.3) is 0 Å². The third kappa shape index (κ3) is 7.85. The van der Waals surface area contributed by atoms with Crippen molar-refractivity contribution in [3.63, 3.8) is 0 Å². The number of carbonyl (C=O) groups is 3. The van der Waals surface area contributed by atoms with E-state index >= 15 is 0 Å². The molecular weight excluding hydrogens is 444 g/mol. The summed E-state index contributed by atoms with van der Waals surface area (Å²) in [6, 6.07) is 2.33. The second-order valence-corrected chi connectivity index (χ2v) is 10.1. The van der Waals surface area contributed by atoms with Crippen molar-refractivity contribution in [2.24, 2.45) is 0 Å². The molecule has 1 heterocycles. The number of thiophene rings is 1. The van der Waals surface area contributed by atoms with Crippen LogP contribution in [0.4, 0.5) is 4.79 Å². The van der Waals surface area contributed by atoms with E-state index in [9.17, 15) is 14.4 Å². The van der Waals surface area contributed by atoms with Crippen LogP contribution in [-0.2, 0) is 14.3 Å². The van der Waals surface area contributed by atoms with E-state index in [4.69, 9.17) is 14.2 Å². The van der Waals surface area contributed by atoms with Crippen molar-refractivity contribution in [2.75, 3.05) is 7.11 Å². The quantitative estimate of drug-likeness (QED) is 0.513. The molecule has 0 bridgehead atoms. The van der Waals surface area contributed by atoms with E-state index in [1.807, 2.05) is 13.8 Å². The molecule has 1 aromatic heterocycles. The predicted molar refractivity (Wildman–Crippen MR) is 128 cm³/mol. The largest absolute Gasteiger partial charge is 0.487 e. The van der Waals surface area contributed by atoms with Gasteiger partial charge in [0.1, 0.15) is 5.60 Å². The van der Waals surface area contributed by atoms with Crippen molar-refractivity contribution < 1.29 is 28.6 Å². The Hall–Kier alpha value is -2.39. The molecular formula is C24H36N2O6S. The zero-order valence-corrected chi connectivity index (χ0v) is 21.3. The number of hydrogen-bond donors (Lipinski definition) is 2. The minimum Gasteiger partial charge on any atom is -0.487 e. The van der Waals surface area contributed by atoms with Gasteiger partial charge in [-0.3, -0.25) is 9.59 Å². The number of hydrogen-bond acceptors (Lipinski definition) is 7. The number of Topliss-reactive ketones (excluding diaryl/α,β-unsaturated/α-hetero) is 1. The first kappa shape index (κ1) is 26.9. The third-order valence-electron chi connectivity index (χ3n) is 5.22.